The Kier molecular flexibility index (Phi) is 5.74. The van der Waals surface area contributed by atoms with Gasteiger partial charge in [0.2, 0.25) is 5.91 Å². The molecule has 6 heteroatoms. The molecule has 0 radical (unpaired) electrons. The van der Waals surface area contributed by atoms with Gasteiger partial charge in [0, 0.05) is 6.92 Å². The summed E-state index contributed by atoms with van der Waals surface area (Å²) in [5.74, 6) is 0.849. The summed E-state index contributed by atoms with van der Waals surface area (Å²) in [5, 5.41) is 0.766. The van der Waals surface area contributed by atoms with E-state index >= 15 is 0 Å². The molecule has 0 fully saturated rings. The minimum absolute atomic E-state index is 0.0394. The van der Waals surface area contributed by atoms with E-state index in [2.05, 4.69) is 18.8 Å². The number of ether oxygens (including phenoxy) is 1. The number of rotatable bonds is 7. The van der Waals surface area contributed by atoms with Crippen LogP contribution in [0.3, 0.4) is 0 Å². The predicted octanol–water partition coefficient (Wildman–Crippen LogP) is 1.58. The first-order chi connectivity index (χ1) is 10.6. The van der Waals surface area contributed by atoms with E-state index in [0.717, 1.165) is 40.7 Å². The minimum atomic E-state index is 0.0394. The molecule has 2 rings (SSSR count). The second-order valence-corrected chi connectivity index (χ2v) is 6.22. The third-order valence-corrected chi connectivity index (χ3v) is 4.93. The Bertz CT molecular complexity index is 637. The average Bonchev–Trinajstić information content (AvgIpc) is 2.93. The van der Waals surface area contributed by atoms with Crippen LogP contribution in [0, 0.1) is 0 Å². The van der Waals surface area contributed by atoms with Crippen LogP contribution in [0.25, 0.3) is 10.2 Å². The smallest absolute Gasteiger partial charge is 0.225 e. The number of carbonyl (C=O) groups is 1. The minimum Gasteiger partial charge on any atom is -0.497 e. The molecule has 1 aromatic carbocycles. The van der Waals surface area contributed by atoms with Crippen LogP contribution in [0.5, 0.6) is 5.75 Å². The van der Waals surface area contributed by atoms with E-state index in [4.69, 9.17) is 4.74 Å². The van der Waals surface area contributed by atoms with Gasteiger partial charge in [0.15, 0.2) is 5.13 Å². The van der Waals surface area contributed by atoms with E-state index < -0.39 is 0 Å². The van der Waals surface area contributed by atoms with Crippen LogP contribution in [0.15, 0.2) is 18.2 Å². The predicted molar refractivity (Wildman–Crippen MR) is 91.1 cm³/mol. The molecule has 0 aliphatic heterocycles. The second-order valence-electron chi connectivity index (χ2n) is 5.21. The summed E-state index contributed by atoms with van der Waals surface area (Å²) in [6.45, 7) is 9.71. The highest BCUT2D eigenvalue weighted by molar-refractivity contribution is 7.22. The zero-order valence-corrected chi connectivity index (χ0v) is 14.5. The molecule has 1 heterocycles. The molecule has 0 aliphatic rings. The third-order valence-electron chi connectivity index (χ3n) is 3.88. The molecule has 0 atom stereocenters. The Morgan fingerprint density at radius 2 is 2.09 bits per heavy atom. The van der Waals surface area contributed by atoms with Crippen molar-refractivity contribution >= 4 is 32.6 Å². The lowest BCUT2D eigenvalue weighted by Gasteiger charge is -2.21. The fourth-order valence-electron chi connectivity index (χ4n) is 2.40. The molecule has 0 saturated heterocycles. The molecule has 0 saturated carbocycles. The summed E-state index contributed by atoms with van der Waals surface area (Å²) in [6.07, 6.45) is 0. The standard InChI is InChI=1S/C16H23N3O2S/c1-5-18(6-2)9-10-19(12(3)20)16-17-14-8-7-13(21-4)11-15(14)22-16/h7-8,11H,5-6,9-10H2,1-4H3/p+1. The van der Waals surface area contributed by atoms with E-state index in [1.54, 1.807) is 18.9 Å². The molecule has 22 heavy (non-hydrogen) atoms. The molecule has 1 aromatic heterocycles. The van der Waals surface area contributed by atoms with Crippen LogP contribution >= 0.6 is 11.3 Å². The molecule has 5 nitrogen and oxygen atoms in total. The number of quaternary nitrogens is 1. The summed E-state index contributed by atoms with van der Waals surface area (Å²) in [5.41, 5.74) is 0.905. The SMILES string of the molecule is CC[NH+](CC)CCN(C(C)=O)c1nc2ccc(OC)cc2s1. The van der Waals surface area contributed by atoms with Crippen molar-refractivity contribution in [3.8, 4) is 5.75 Å². The van der Waals surface area contributed by atoms with Crippen molar-refractivity contribution in [1.29, 1.82) is 0 Å². The number of likely N-dealkylation sites (N-methyl/N-ethyl adjacent to an activating group) is 1. The summed E-state index contributed by atoms with van der Waals surface area (Å²) in [7, 11) is 1.65. The van der Waals surface area contributed by atoms with Crippen LogP contribution in [0.4, 0.5) is 5.13 Å². The third kappa shape index (κ3) is 3.75. The number of aromatic nitrogens is 1. The number of benzene rings is 1. The number of anilines is 1. The lowest BCUT2D eigenvalue weighted by Crippen LogP contribution is -3.12. The Hall–Kier alpha value is -1.66. The Balaban J connectivity index is 2.22. The number of thiazole rings is 1. The van der Waals surface area contributed by atoms with Gasteiger partial charge in [0.05, 0.1) is 43.5 Å². The first kappa shape index (κ1) is 16.7. The second kappa shape index (κ2) is 7.56. The molecule has 0 bridgehead atoms. The zero-order valence-electron chi connectivity index (χ0n) is 13.7. The number of hydrogen-bond acceptors (Lipinski definition) is 4. The van der Waals surface area contributed by atoms with Gasteiger partial charge in [0.25, 0.3) is 0 Å². The number of nitrogens with one attached hydrogen (secondary N) is 1. The van der Waals surface area contributed by atoms with E-state index in [1.807, 2.05) is 18.2 Å². The largest absolute Gasteiger partial charge is 0.497 e. The topological polar surface area (TPSA) is 46.9 Å². The molecule has 120 valence electrons. The average molecular weight is 322 g/mol. The van der Waals surface area contributed by atoms with Crippen molar-refractivity contribution < 1.29 is 14.4 Å². The van der Waals surface area contributed by atoms with Gasteiger partial charge in [0.1, 0.15) is 5.75 Å². The van der Waals surface area contributed by atoms with E-state index in [-0.39, 0.29) is 5.91 Å². The van der Waals surface area contributed by atoms with Gasteiger partial charge >= 0.3 is 0 Å². The van der Waals surface area contributed by atoms with Crippen LogP contribution < -0.4 is 14.5 Å². The zero-order chi connectivity index (χ0) is 16.1. The number of amides is 1. The number of fused-ring (bicyclic) bond motifs is 1. The van der Waals surface area contributed by atoms with Gasteiger partial charge in [-0.25, -0.2) is 4.98 Å². The molecule has 0 aliphatic carbocycles. The van der Waals surface area contributed by atoms with Crippen LogP contribution in [-0.4, -0.2) is 44.2 Å². The van der Waals surface area contributed by atoms with Gasteiger partial charge in [-0.05, 0) is 32.0 Å². The highest BCUT2D eigenvalue weighted by Crippen LogP contribution is 2.31. The highest BCUT2D eigenvalue weighted by Gasteiger charge is 2.18. The molecule has 2 aromatic rings. The first-order valence-electron chi connectivity index (χ1n) is 7.65. The molecule has 0 unspecified atom stereocenters. The summed E-state index contributed by atoms with van der Waals surface area (Å²) < 4.78 is 6.28. The van der Waals surface area contributed by atoms with E-state index in [0.29, 0.717) is 6.54 Å². The fourth-order valence-corrected chi connectivity index (χ4v) is 3.46. The molecule has 0 spiro atoms. The Labute approximate surface area is 135 Å². The first-order valence-corrected chi connectivity index (χ1v) is 8.46. The van der Waals surface area contributed by atoms with Crippen molar-refractivity contribution in [3.63, 3.8) is 0 Å². The number of nitrogens with zero attached hydrogens (tertiary/aromatic N) is 2. The molecule has 1 amide bonds. The quantitative estimate of drug-likeness (QED) is 0.842. The molecular weight excluding hydrogens is 298 g/mol. The van der Waals surface area contributed by atoms with E-state index in [9.17, 15) is 4.79 Å². The summed E-state index contributed by atoms with van der Waals surface area (Å²) >= 11 is 1.53. The van der Waals surface area contributed by atoms with Crippen molar-refractivity contribution in [2.75, 3.05) is 38.2 Å². The lowest BCUT2D eigenvalue weighted by atomic mass is 10.3. The summed E-state index contributed by atoms with van der Waals surface area (Å²) in [6, 6.07) is 5.79. The maximum Gasteiger partial charge on any atom is 0.225 e. The monoisotopic (exact) mass is 322 g/mol. The Morgan fingerprint density at radius 1 is 1.36 bits per heavy atom. The summed E-state index contributed by atoms with van der Waals surface area (Å²) in [4.78, 5) is 19.9. The molecule has 1 N–H and O–H groups in total. The number of methoxy groups -OCH3 is 1. The van der Waals surface area contributed by atoms with Crippen molar-refractivity contribution in [2.24, 2.45) is 0 Å². The molecular formula is C16H24N3O2S+. The van der Waals surface area contributed by atoms with Gasteiger partial charge < -0.3 is 9.64 Å². The van der Waals surface area contributed by atoms with Crippen LogP contribution in [-0.2, 0) is 4.79 Å². The van der Waals surface area contributed by atoms with Gasteiger partial charge in [-0.3, -0.25) is 9.69 Å². The van der Waals surface area contributed by atoms with Crippen LogP contribution in [0.1, 0.15) is 20.8 Å². The maximum absolute atomic E-state index is 12.0. The fraction of sp³-hybridized carbons (Fsp3) is 0.500. The Morgan fingerprint density at radius 3 is 2.68 bits per heavy atom. The van der Waals surface area contributed by atoms with Gasteiger partial charge in [-0.2, -0.15) is 0 Å². The lowest BCUT2D eigenvalue weighted by molar-refractivity contribution is -0.894. The normalized spacial score (nSPS) is 11.1. The maximum atomic E-state index is 12.0. The van der Waals surface area contributed by atoms with Crippen molar-refractivity contribution in [2.45, 2.75) is 20.8 Å². The number of carbonyl (C=O) groups excluding carboxylic acids is 1. The van der Waals surface area contributed by atoms with E-state index in [1.165, 1.54) is 16.2 Å². The van der Waals surface area contributed by atoms with Crippen LogP contribution in [0.2, 0.25) is 0 Å². The number of hydrogen-bond donors (Lipinski definition) is 1. The van der Waals surface area contributed by atoms with Gasteiger partial charge in [-0.15, -0.1) is 0 Å². The van der Waals surface area contributed by atoms with Gasteiger partial charge in [-0.1, -0.05) is 11.3 Å². The van der Waals surface area contributed by atoms with Crippen molar-refractivity contribution in [3.05, 3.63) is 18.2 Å². The van der Waals surface area contributed by atoms with Crippen molar-refractivity contribution in [1.82, 2.24) is 4.98 Å². The highest BCUT2D eigenvalue weighted by atomic mass is 32.1.